The molecule has 0 amide bonds. The van der Waals surface area contributed by atoms with Crippen molar-refractivity contribution in [1.82, 2.24) is 14.2 Å². The van der Waals surface area contributed by atoms with E-state index >= 15 is 0 Å². The molecule has 1 aromatic rings. The summed E-state index contributed by atoms with van der Waals surface area (Å²) >= 11 is 1.55. The van der Waals surface area contributed by atoms with E-state index in [-0.39, 0.29) is 5.75 Å². The van der Waals surface area contributed by atoms with Gasteiger partial charge in [0, 0.05) is 37.1 Å². The zero-order valence-electron chi connectivity index (χ0n) is 14.1. The van der Waals surface area contributed by atoms with Gasteiger partial charge < -0.3 is 0 Å². The Kier molecular flexibility index (Phi) is 5.40. The first-order valence-corrected chi connectivity index (χ1v) is 11.1. The van der Waals surface area contributed by atoms with Gasteiger partial charge in [0.15, 0.2) is 0 Å². The van der Waals surface area contributed by atoms with E-state index < -0.39 is 10.0 Å². The molecule has 1 saturated heterocycles. The summed E-state index contributed by atoms with van der Waals surface area (Å²) in [7, 11) is -3.18. The first-order chi connectivity index (χ1) is 11.0. The SMILES string of the molecule is Cc1ncsc1CCS(=O)(=O)N1CCN(C2CCC2)CC(C)C1. The highest BCUT2D eigenvalue weighted by Crippen LogP contribution is 2.27. The van der Waals surface area contributed by atoms with E-state index in [4.69, 9.17) is 0 Å². The van der Waals surface area contributed by atoms with E-state index in [0.717, 1.165) is 23.7 Å². The maximum absolute atomic E-state index is 12.7. The standard InChI is InChI=1S/C16H27N3O2S2/c1-13-10-18(15-4-3-5-15)7-8-19(11-13)23(20,21)9-6-16-14(2)17-12-22-16/h12-13,15H,3-11H2,1-2H3. The topological polar surface area (TPSA) is 53.5 Å². The number of nitrogens with zero attached hydrogens (tertiary/aromatic N) is 3. The smallest absolute Gasteiger partial charge is 0.214 e. The molecule has 2 fully saturated rings. The normalized spacial score (nSPS) is 25.2. The van der Waals surface area contributed by atoms with Crippen molar-refractivity contribution in [3.8, 4) is 0 Å². The lowest BCUT2D eigenvalue weighted by Gasteiger charge is -2.37. The zero-order chi connectivity index (χ0) is 16.4. The van der Waals surface area contributed by atoms with Crippen molar-refractivity contribution in [3.05, 3.63) is 16.1 Å². The van der Waals surface area contributed by atoms with Crippen molar-refractivity contribution >= 4 is 21.4 Å². The molecular weight excluding hydrogens is 330 g/mol. The molecule has 0 radical (unpaired) electrons. The second kappa shape index (κ2) is 7.17. The maximum atomic E-state index is 12.7. The van der Waals surface area contributed by atoms with Crippen LogP contribution in [0.2, 0.25) is 0 Å². The van der Waals surface area contributed by atoms with Crippen LogP contribution >= 0.6 is 11.3 Å². The largest absolute Gasteiger partial charge is 0.299 e. The Bertz CT molecular complexity index is 625. The molecule has 1 atom stereocenters. The molecule has 0 N–H and O–H groups in total. The van der Waals surface area contributed by atoms with Crippen LogP contribution in [0.25, 0.3) is 0 Å². The molecule has 1 aliphatic carbocycles. The van der Waals surface area contributed by atoms with Crippen LogP contribution in [0.1, 0.15) is 36.8 Å². The van der Waals surface area contributed by atoms with Gasteiger partial charge >= 0.3 is 0 Å². The van der Waals surface area contributed by atoms with Gasteiger partial charge in [-0.1, -0.05) is 13.3 Å². The average molecular weight is 358 g/mol. The number of hydrogen-bond acceptors (Lipinski definition) is 5. The van der Waals surface area contributed by atoms with Crippen LogP contribution in [0.4, 0.5) is 0 Å². The second-order valence-electron chi connectivity index (χ2n) is 6.97. The van der Waals surface area contributed by atoms with Gasteiger partial charge in [0.1, 0.15) is 0 Å². The summed E-state index contributed by atoms with van der Waals surface area (Å²) in [5.41, 5.74) is 2.76. The fraction of sp³-hybridized carbons (Fsp3) is 0.812. The maximum Gasteiger partial charge on any atom is 0.214 e. The highest BCUT2D eigenvalue weighted by Gasteiger charge is 2.32. The lowest BCUT2D eigenvalue weighted by atomic mass is 9.91. The Balaban J connectivity index is 1.61. The molecule has 0 bridgehead atoms. The molecule has 7 heteroatoms. The number of rotatable bonds is 5. The van der Waals surface area contributed by atoms with Crippen LogP contribution in [0.5, 0.6) is 0 Å². The molecule has 3 rings (SSSR count). The first kappa shape index (κ1) is 17.3. The van der Waals surface area contributed by atoms with Crippen molar-refractivity contribution in [2.24, 2.45) is 5.92 Å². The van der Waals surface area contributed by atoms with Gasteiger partial charge in [-0.05, 0) is 32.1 Å². The summed E-state index contributed by atoms with van der Waals surface area (Å²) in [6, 6.07) is 0.694. The number of sulfonamides is 1. The zero-order valence-corrected chi connectivity index (χ0v) is 15.7. The minimum absolute atomic E-state index is 0.201. The van der Waals surface area contributed by atoms with Crippen LogP contribution < -0.4 is 0 Å². The van der Waals surface area contributed by atoms with Gasteiger partial charge in [-0.25, -0.2) is 17.7 Å². The molecule has 2 heterocycles. The summed E-state index contributed by atoms with van der Waals surface area (Å²) in [5, 5.41) is 0. The number of hydrogen-bond donors (Lipinski definition) is 0. The third kappa shape index (κ3) is 4.13. The van der Waals surface area contributed by atoms with Gasteiger partial charge in [0.2, 0.25) is 10.0 Å². The first-order valence-electron chi connectivity index (χ1n) is 8.56. The highest BCUT2D eigenvalue weighted by molar-refractivity contribution is 7.89. The van der Waals surface area contributed by atoms with Crippen LogP contribution in [-0.4, -0.2) is 60.6 Å². The molecule has 0 spiro atoms. The quantitative estimate of drug-likeness (QED) is 0.810. The molecule has 1 aliphatic heterocycles. The van der Waals surface area contributed by atoms with E-state index in [2.05, 4.69) is 16.8 Å². The third-order valence-electron chi connectivity index (χ3n) is 5.11. The Morgan fingerprint density at radius 1 is 1.30 bits per heavy atom. The van der Waals surface area contributed by atoms with E-state index in [1.54, 1.807) is 21.2 Å². The summed E-state index contributed by atoms with van der Waals surface area (Å²) in [5.74, 6) is 0.602. The molecule has 23 heavy (non-hydrogen) atoms. The molecule has 2 aliphatic rings. The van der Waals surface area contributed by atoms with Crippen molar-refractivity contribution in [1.29, 1.82) is 0 Å². The Labute approximate surface area is 143 Å². The van der Waals surface area contributed by atoms with Crippen molar-refractivity contribution < 1.29 is 8.42 Å². The lowest BCUT2D eigenvalue weighted by molar-refractivity contribution is 0.123. The summed E-state index contributed by atoms with van der Waals surface area (Å²) < 4.78 is 27.2. The third-order valence-corrected chi connectivity index (χ3v) is 7.95. The number of thiazole rings is 1. The van der Waals surface area contributed by atoms with E-state index in [9.17, 15) is 8.42 Å². The number of aryl methyl sites for hydroxylation is 2. The van der Waals surface area contributed by atoms with Gasteiger partial charge in [-0.2, -0.15) is 0 Å². The molecule has 0 aromatic carbocycles. The van der Waals surface area contributed by atoms with E-state index in [0.29, 0.717) is 31.5 Å². The molecule has 1 unspecified atom stereocenters. The highest BCUT2D eigenvalue weighted by atomic mass is 32.2. The van der Waals surface area contributed by atoms with Crippen LogP contribution in [0, 0.1) is 12.8 Å². The summed E-state index contributed by atoms with van der Waals surface area (Å²) in [6.07, 6.45) is 4.47. The van der Waals surface area contributed by atoms with Crippen molar-refractivity contribution in [2.45, 2.75) is 45.6 Å². The number of aromatic nitrogens is 1. The molecule has 1 aromatic heterocycles. The minimum Gasteiger partial charge on any atom is -0.299 e. The van der Waals surface area contributed by atoms with Crippen LogP contribution in [-0.2, 0) is 16.4 Å². The van der Waals surface area contributed by atoms with Crippen LogP contribution in [0.15, 0.2) is 5.51 Å². The summed E-state index contributed by atoms with van der Waals surface area (Å²) in [4.78, 5) is 7.81. The fourth-order valence-electron chi connectivity index (χ4n) is 3.48. The Morgan fingerprint density at radius 3 is 2.70 bits per heavy atom. The van der Waals surface area contributed by atoms with Gasteiger partial charge in [-0.3, -0.25) is 4.90 Å². The predicted octanol–water partition coefficient (Wildman–Crippen LogP) is 2.13. The van der Waals surface area contributed by atoms with Gasteiger partial charge in [0.25, 0.3) is 0 Å². The van der Waals surface area contributed by atoms with Gasteiger partial charge in [0.05, 0.1) is 17.0 Å². The molecule has 1 saturated carbocycles. The average Bonchev–Trinajstić information content (AvgIpc) is 2.73. The molecule has 130 valence electrons. The second-order valence-corrected chi connectivity index (χ2v) is 10.00. The minimum atomic E-state index is -3.18. The fourth-order valence-corrected chi connectivity index (χ4v) is 5.95. The monoisotopic (exact) mass is 357 g/mol. The van der Waals surface area contributed by atoms with Crippen LogP contribution in [0.3, 0.4) is 0 Å². The predicted molar refractivity (Wildman–Crippen MR) is 94.3 cm³/mol. The van der Waals surface area contributed by atoms with Gasteiger partial charge in [-0.15, -0.1) is 11.3 Å². The Morgan fingerprint density at radius 2 is 2.09 bits per heavy atom. The molecular formula is C16H27N3O2S2. The Hall–Kier alpha value is -0.500. The van der Waals surface area contributed by atoms with E-state index in [1.807, 2.05) is 6.92 Å². The lowest BCUT2D eigenvalue weighted by Crippen LogP contribution is -2.43. The van der Waals surface area contributed by atoms with E-state index in [1.165, 1.54) is 19.3 Å². The summed E-state index contributed by atoms with van der Waals surface area (Å²) in [6.45, 7) is 7.34. The molecule has 5 nitrogen and oxygen atoms in total. The van der Waals surface area contributed by atoms with Crippen molar-refractivity contribution in [3.63, 3.8) is 0 Å². The van der Waals surface area contributed by atoms with Crippen molar-refractivity contribution in [2.75, 3.05) is 31.9 Å².